The second kappa shape index (κ2) is 5.79. The summed E-state index contributed by atoms with van der Waals surface area (Å²) in [6.45, 7) is -1.41. The van der Waals surface area contributed by atoms with Crippen LogP contribution in [0.2, 0.25) is 0 Å². The summed E-state index contributed by atoms with van der Waals surface area (Å²) in [7, 11) is 0. The average molecular weight is 349 g/mol. The van der Waals surface area contributed by atoms with E-state index in [1.165, 1.54) is 0 Å². The Bertz CT molecular complexity index is 752. The number of halogens is 4. The van der Waals surface area contributed by atoms with Gasteiger partial charge in [-0.25, -0.2) is 4.68 Å². The molecule has 0 aromatic carbocycles. The fourth-order valence-corrected chi connectivity index (χ4v) is 2.38. The number of nitro groups is 1. The van der Waals surface area contributed by atoms with E-state index in [0.29, 0.717) is 11.1 Å². The molecular formula is C11H11F4N7O2. The van der Waals surface area contributed by atoms with Gasteiger partial charge in [-0.05, 0) is 22.8 Å². The molecule has 1 fully saturated rings. The Morgan fingerprint density at radius 2 is 2.12 bits per heavy atom. The second-order valence-corrected chi connectivity index (χ2v) is 5.55. The summed E-state index contributed by atoms with van der Waals surface area (Å²) in [5.41, 5.74) is -0.856. The van der Waals surface area contributed by atoms with Crippen LogP contribution in [0.5, 0.6) is 0 Å². The van der Waals surface area contributed by atoms with Crippen molar-refractivity contribution >= 4 is 5.69 Å². The zero-order valence-corrected chi connectivity index (χ0v) is 12.0. The Morgan fingerprint density at radius 3 is 2.67 bits per heavy atom. The largest absolute Gasteiger partial charge is 0.408 e. The average Bonchev–Trinajstić information content (AvgIpc) is 3.03. The van der Waals surface area contributed by atoms with E-state index < -0.39 is 35.3 Å². The number of alkyl halides is 3. The quantitative estimate of drug-likeness (QED) is 0.448. The van der Waals surface area contributed by atoms with Crippen molar-refractivity contribution in [1.29, 1.82) is 0 Å². The number of nitrogens with zero attached hydrogens (tertiary/aromatic N) is 7. The molecule has 1 unspecified atom stereocenters. The van der Waals surface area contributed by atoms with Gasteiger partial charge in [-0.2, -0.15) is 17.6 Å². The minimum absolute atomic E-state index is 0.170. The number of hydrogen-bond donors (Lipinski definition) is 0. The second-order valence-electron chi connectivity index (χ2n) is 5.55. The molecule has 130 valence electrons. The first-order valence-electron chi connectivity index (χ1n) is 6.96. The molecule has 1 aliphatic carbocycles. The van der Waals surface area contributed by atoms with E-state index in [4.69, 9.17) is 0 Å². The number of rotatable bonds is 6. The molecule has 1 aliphatic rings. The molecule has 24 heavy (non-hydrogen) atoms. The Balaban J connectivity index is 1.97. The van der Waals surface area contributed by atoms with Gasteiger partial charge in [0.05, 0.1) is 4.92 Å². The topological polar surface area (TPSA) is 105 Å². The maximum Gasteiger partial charge on any atom is 0.408 e. The van der Waals surface area contributed by atoms with E-state index in [1.54, 1.807) is 0 Å². The molecule has 9 nitrogen and oxygen atoms in total. The van der Waals surface area contributed by atoms with Crippen molar-refractivity contribution in [2.45, 2.75) is 38.0 Å². The third-order valence-corrected chi connectivity index (χ3v) is 3.63. The Labute approximate surface area is 131 Å². The highest BCUT2D eigenvalue weighted by Crippen LogP contribution is 2.39. The third-order valence-electron chi connectivity index (χ3n) is 3.63. The molecule has 0 radical (unpaired) electrons. The number of tetrazole rings is 1. The van der Waals surface area contributed by atoms with E-state index in [1.807, 2.05) is 0 Å². The SMILES string of the molecule is O=[N+]([O-])c1cn(C(CC2CC2)c2nnnn2CC(F)(F)F)nc1F. The highest BCUT2D eigenvalue weighted by Gasteiger charge is 2.36. The van der Waals surface area contributed by atoms with Gasteiger partial charge in [0.1, 0.15) is 18.8 Å². The minimum atomic E-state index is -4.55. The first-order valence-corrected chi connectivity index (χ1v) is 6.96. The van der Waals surface area contributed by atoms with Crippen LogP contribution >= 0.6 is 0 Å². The third kappa shape index (κ3) is 3.49. The summed E-state index contributed by atoms with van der Waals surface area (Å²) in [5, 5.41) is 24.3. The monoisotopic (exact) mass is 349 g/mol. The zero-order chi connectivity index (χ0) is 17.5. The molecule has 1 atom stereocenters. The van der Waals surface area contributed by atoms with Gasteiger partial charge in [0.25, 0.3) is 0 Å². The molecule has 1 saturated carbocycles. The molecular weight excluding hydrogens is 338 g/mol. The molecule has 0 aliphatic heterocycles. The van der Waals surface area contributed by atoms with E-state index >= 15 is 0 Å². The van der Waals surface area contributed by atoms with Gasteiger partial charge in [0.2, 0.25) is 0 Å². The fraction of sp³-hybridized carbons (Fsp3) is 0.636. The lowest BCUT2D eigenvalue weighted by atomic mass is 10.1. The molecule has 3 rings (SSSR count). The highest BCUT2D eigenvalue weighted by atomic mass is 19.4. The van der Waals surface area contributed by atoms with Gasteiger partial charge >= 0.3 is 17.8 Å². The maximum atomic E-state index is 13.6. The Kier molecular flexibility index (Phi) is 3.93. The lowest BCUT2D eigenvalue weighted by molar-refractivity contribution is -0.387. The molecule has 0 spiro atoms. The van der Waals surface area contributed by atoms with Gasteiger partial charge in [0, 0.05) is 0 Å². The standard InChI is InChI=1S/C11H11F4N7O2/c12-9-8(22(23)24)4-20(17-9)7(3-6-1-2-6)10-16-18-19-21(10)5-11(13,14)15/h4,6-7H,1-3,5H2. The van der Waals surface area contributed by atoms with Crippen molar-refractivity contribution in [1.82, 2.24) is 30.0 Å². The van der Waals surface area contributed by atoms with E-state index in [0.717, 1.165) is 23.7 Å². The van der Waals surface area contributed by atoms with Crippen LogP contribution in [0, 0.1) is 22.0 Å². The molecule has 2 aromatic rings. The first kappa shape index (κ1) is 16.3. The van der Waals surface area contributed by atoms with Crippen molar-refractivity contribution in [3.63, 3.8) is 0 Å². The van der Waals surface area contributed by atoms with Crippen molar-refractivity contribution in [2.75, 3.05) is 0 Å². The van der Waals surface area contributed by atoms with Crippen LogP contribution in [0.1, 0.15) is 31.1 Å². The summed E-state index contributed by atoms with van der Waals surface area (Å²) in [4.78, 5) is 9.80. The smallest absolute Gasteiger partial charge is 0.258 e. The molecule has 2 heterocycles. The zero-order valence-electron chi connectivity index (χ0n) is 12.0. The Morgan fingerprint density at radius 1 is 1.42 bits per heavy atom. The van der Waals surface area contributed by atoms with Gasteiger partial charge in [-0.1, -0.05) is 12.8 Å². The van der Waals surface area contributed by atoms with Crippen LogP contribution in [-0.4, -0.2) is 41.1 Å². The fourth-order valence-electron chi connectivity index (χ4n) is 2.38. The van der Waals surface area contributed by atoms with E-state index in [-0.39, 0.29) is 11.7 Å². The van der Waals surface area contributed by atoms with E-state index in [9.17, 15) is 27.7 Å². The molecule has 0 N–H and O–H groups in total. The molecule has 0 amide bonds. The highest BCUT2D eigenvalue weighted by molar-refractivity contribution is 5.24. The summed E-state index contributed by atoms with van der Waals surface area (Å²) in [6, 6.07) is -0.918. The van der Waals surface area contributed by atoms with Crippen LogP contribution in [0.4, 0.5) is 23.2 Å². The minimum Gasteiger partial charge on any atom is -0.258 e. The van der Waals surface area contributed by atoms with Crippen LogP contribution in [0.3, 0.4) is 0 Å². The van der Waals surface area contributed by atoms with Crippen molar-refractivity contribution in [2.24, 2.45) is 5.92 Å². The lowest BCUT2D eigenvalue weighted by Crippen LogP contribution is -2.24. The first-order chi connectivity index (χ1) is 11.2. The van der Waals surface area contributed by atoms with Crippen LogP contribution in [0.25, 0.3) is 0 Å². The Hall–Kier alpha value is -2.60. The predicted molar refractivity (Wildman–Crippen MR) is 68.2 cm³/mol. The summed E-state index contributed by atoms with van der Waals surface area (Å²) < 4.78 is 52.9. The van der Waals surface area contributed by atoms with Crippen LogP contribution in [-0.2, 0) is 6.54 Å². The molecule has 13 heteroatoms. The maximum absolute atomic E-state index is 13.6. The molecule has 2 aromatic heterocycles. The van der Waals surface area contributed by atoms with Crippen LogP contribution < -0.4 is 0 Å². The molecule has 0 bridgehead atoms. The number of hydrogen-bond acceptors (Lipinski definition) is 6. The molecule has 0 saturated heterocycles. The van der Waals surface area contributed by atoms with Gasteiger partial charge in [-0.15, -0.1) is 10.2 Å². The van der Waals surface area contributed by atoms with Crippen molar-refractivity contribution < 1.29 is 22.5 Å². The van der Waals surface area contributed by atoms with Gasteiger partial charge in [0.15, 0.2) is 5.82 Å². The van der Waals surface area contributed by atoms with Crippen LogP contribution in [0.15, 0.2) is 6.20 Å². The summed E-state index contributed by atoms with van der Waals surface area (Å²) >= 11 is 0. The van der Waals surface area contributed by atoms with E-state index in [2.05, 4.69) is 20.6 Å². The van der Waals surface area contributed by atoms with Crippen molar-refractivity contribution in [3.05, 3.63) is 28.1 Å². The van der Waals surface area contributed by atoms with Crippen molar-refractivity contribution in [3.8, 4) is 0 Å². The normalized spacial score (nSPS) is 16.3. The summed E-state index contributed by atoms with van der Waals surface area (Å²) in [6.07, 6.45) is -1.66. The number of aromatic nitrogens is 6. The van der Waals surface area contributed by atoms with Gasteiger partial charge in [-0.3, -0.25) is 14.8 Å². The lowest BCUT2D eigenvalue weighted by Gasteiger charge is -2.17. The predicted octanol–water partition coefficient (Wildman–Crippen LogP) is 1.87. The summed E-state index contributed by atoms with van der Waals surface area (Å²) in [5.74, 6) is -1.27. The van der Waals surface area contributed by atoms with Gasteiger partial charge < -0.3 is 0 Å².